The van der Waals surface area contributed by atoms with Crippen LogP contribution >= 0.6 is 0 Å². The van der Waals surface area contributed by atoms with Gasteiger partial charge in [-0.25, -0.2) is 0 Å². The van der Waals surface area contributed by atoms with Gasteiger partial charge in [-0.3, -0.25) is 14.4 Å². The number of carbonyl (C=O) groups is 3. The van der Waals surface area contributed by atoms with Crippen LogP contribution < -0.4 is 11.1 Å². The van der Waals surface area contributed by atoms with Gasteiger partial charge in [0.2, 0.25) is 17.7 Å². The second-order valence-electron chi connectivity index (χ2n) is 13.2. The van der Waals surface area contributed by atoms with Crippen LogP contribution in [-0.4, -0.2) is 77.5 Å². The van der Waals surface area contributed by atoms with Crippen molar-refractivity contribution >= 4 is 28.5 Å². The van der Waals surface area contributed by atoms with Crippen LogP contribution in [0.25, 0.3) is 10.8 Å². The largest absolute Gasteiger partial charge is 0.396 e. The molecule has 0 aliphatic carbocycles. The summed E-state index contributed by atoms with van der Waals surface area (Å²) in [5.41, 5.74) is 7.34. The van der Waals surface area contributed by atoms with Crippen LogP contribution in [0.1, 0.15) is 58.1 Å². The van der Waals surface area contributed by atoms with E-state index in [9.17, 15) is 19.5 Å². The molecule has 4 N–H and O–H groups in total. The molecule has 0 heterocycles. The van der Waals surface area contributed by atoms with E-state index in [4.69, 9.17) is 5.73 Å². The molecule has 0 spiro atoms. The predicted octanol–water partition coefficient (Wildman–Crippen LogP) is 4.88. The van der Waals surface area contributed by atoms with E-state index in [1.165, 1.54) is 15.9 Å². The Bertz CT molecular complexity index is 1480. The first-order chi connectivity index (χ1) is 21.8. The number of nitrogens with zero attached hydrogens (tertiary/aromatic N) is 2. The molecule has 2 atom stereocenters. The van der Waals surface area contributed by atoms with Crippen molar-refractivity contribution < 1.29 is 19.5 Å². The molecule has 3 rings (SSSR count). The number of benzene rings is 3. The summed E-state index contributed by atoms with van der Waals surface area (Å²) >= 11 is 0. The zero-order valence-electron chi connectivity index (χ0n) is 28.3. The van der Waals surface area contributed by atoms with Gasteiger partial charge < -0.3 is 26.0 Å². The van der Waals surface area contributed by atoms with Crippen LogP contribution in [0.3, 0.4) is 0 Å². The minimum Gasteiger partial charge on any atom is -0.396 e. The number of likely N-dealkylation sites (N-methyl/N-ethyl adjacent to an activating group) is 2. The lowest BCUT2D eigenvalue weighted by Crippen LogP contribution is -2.56. The first kappa shape index (κ1) is 36.5. The molecule has 46 heavy (non-hydrogen) atoms. The number of hydrogen-bond acceptors (Lipinski definition) is 5. The van der Waals surface area contributed by atoms with Gasteiger partial charge in [-0.1, -0.05) is 107 Å². The van der Waals surface area contributed by atoms with Crippen molar-refractivity contribution in [2.24, 2.45) is 11.1 Å². The van der Waals surface area contributed by atoms with Crippen molar-refractivity contribution in [3.8, 4) is 0 Å². The van der Waals surface area contributed by atoms with Gasteiger partial charge >= 0.3 is 0 Å². The van der Waals surface area contributed by atoms with Gasteiger partial charge in [0.05, 0.1) is 0 Å². The molecule has 3 aromatic carbocycles. The molecule has 0 fully saturated rings. The maximum Gasteiger partial charge on any atom is 0.246 e. The van der Waals surface area contributed by atoms with Crippen LogP contribution in [0.5, 0.6) is 0 Å². The normalized spacial score (nSPS) is 13.4. The zero-order chi connectivity index (χ0) is 33.9. The first-order valence-electron chi connectivity index (χ1n) is 16.2. The Balaban J connectivity index is 1.96. The number of carbonyl (C=O) groups excluding carboxylic acids is 3. The third-order valence-electron chi connectivity index (χ3n) is 9.10. The number of nitrogens with one attached hydrogen (secondary N) is 1. The highest BCUT2D eigenvalue weighted by Gasteiger charge is 2.35. The standard InChI is InChI=1S/C38H52N4O4/c1-7-38(39,8-2)22-14-19-34(44)41(5)33(25-29-20-21-30-17-12-13-18-31(30)23-29)36(46)42(6)32(24-28-15-10-9-11-16-28)35(45)40-26-37(3,4)27-43/h9-21,23,32-33,43H,7-8,22,24-27,39H2,1-6H3,(H,40,45)/t32-,33-/m1/s1. The molecular formula is C38H52N4O4. The summed E-state index contributed by atoms with van der Waals surface area (Å²) in [4.78, 5) is 44.6. The first-order valence-corrected chi connectivity index (χ1v) is 16.2. The maximum atomic E-state index is 14.4. The Kier molecular flexibility index (Phi) is 13.1. The molecule has 0 unspecified atom stereocenters. The Hall–Kier alpha value is -4.01. The second kappa shape index (κ2) is 16.5. The molecule has 3 aromatic rings. The molecule has 0 aliphatic heterocycles. The van der Waals surface area contributed by atoms with E-state index in [1.54, 1.807) is 20.2 Å². The molecular weight excluding hydrogens is 576 g/mol. The van der Waals surface area contributed by atoms with Crippen molar-refractivity contribution in [3.63, 3.8) is 0 Å². The fraction of sp³-hybridized carbons (Fsp3) is 0.447. The number of amides is 3. The monoisotopic (exact) mass is 628 g/mol. The Morgan fingerprint density at radius 1 is 0.848 bits per heavy atom. The number of aliphatic hydroxyl groups is 1. The lowest BCUT2D eigenvalue weighted by atomic mass is 9.90. The Morgan fingerprint density at radius 2 is 1.46 bits per heavy atom. The quantitative estimate of drug-likeness (QED) is 0.196. The number of hydrogen-bond donors (Lipinski definition) is 3. The number of rotatable bonds is 16. The molecule has 0 radical (unpaired) electrons. The van der Waals surface area contributed by atoms with Crippen LogP contribution in [-0.2, 0) is 27.2 Å². The van der Waals surface area contributed by atoms with Crippen molar-refractivity contribution in [3.05, 3.63) is 96.1 Å². The Morgan fingerprint density at radius 3 is 2.09 bits per heavy atom. The van der Waals surface area contributed by atoms with Gasteiger partial charge in [0.15, 0.2) is 0 Å². The van der Waals surface area contributed by atoms with Crippen LogP contribution in [0.2, 0.25) is 0 Å². The topological polar surface area (TPSA) is 116 Å². The fourth-order valence-corrected chi connectivity index (χ4v) is 5.31. The molecule has 0 saturated heterocycles. The van der Waals surface area contributed by atoms with Crippen molar-refractivity contribution in [1.29, 1.82) is 0 Å². The van der Waals surface area contributed by atoms with Gasteiger partial charge in [0.1, 0.15) is 12.1 Å². The molecule has 0 aliphatic rings. The average molecular weight is 629 g/mol. The van der Waals surface area contributed by atoms with E-state index in [0.717, 1.165) is 34.7 Å². The zero-order valence-corrected chi connectivity index (χ0v) is 28.3. The SMILES string of the molecule is CCC(N)(CC)CC=CC(=O)N(C)[C@H](Cc1ccc2ccccc2c1)C(=O)N(C)[C@H](Cc1ccccc1)C(=O)NCC(C)(C)CO. The number of fused-ring (bicyclic) bond motifs is 1. The summed E-state index contributed by atoms with van der Waals surface area (Å²) in [5.74, 6) is -0.973. The van der Waals surface area contributed by atoms with Crippen molar-refractivity contribution in [2.45, 2.75) is 77.4 Å². The van der Waals surface area contributed by atoms with E-state index in [-0.39, 0.29) is 37.3 Å². The number of aliphatic hydroxyl groups excluding tert-OH is 1. The second-order valence-corrected chi connectivity index (χ2v) is 13.2. The van der Waals surface area contributed by atoms with Gasteiger partial charge in [0.25, 0.3) is 0 Å². The summed E-state index contributed by atoms with van der Waals surface area (Å²) in [6.45, 7) is 7.94. The minimum absolute atomic E-state index is 0.0958. The Labute approximate surface area is 274 Å². The molecule has 3 amide bonds. The lowest BCUT2D eigenvalue weighted by Gasteiger charge is -2.35. The summed E-state index contributed by atoms with van der Waals surface area (Å²) in [5, 5.41) is 14.8. The third kappa shape index (κ3) is 9.99. The summed E-state index contributed by atoms with van der Waals surface area (Å²) in [7, 11) is 3.26. The van der Waals surface area contributed by atoms with Crippen LogP contribution in [0, 0.1) is 5.41 Å². The summed E-state index contributed by atoms with van der Waals surface area (Å²) < 4.78 is 0. The lowest BCUT2D eigenvalue weighted by molar-refractivity contribution is -0.146. The highest BCUT2D eigenvalue weighted by molar-refractivity contribution is 5.95. The van der Waals surface area contributed by atoms with E-state index < -0.39 is 23.0 Å². The van der Waals surface area contributed by atoms with Crippen molar-refractivity contribution in [2.75, 3.05) is 27.2 Å². The smallest absolute Gasteiger partial charge is 0.246 e. The molecule has 8 heteroatoms. The third-order valence-corrected chi connectivity index (χ3v) is 9.10. The molecule has 8 nitrogen and oxygen atoms in total. The molecule has 0 aromatic heterocycles. The average Bonchev–Trinajstić information content (AvgIpc) is 3.07. The minimum atomic E-state index is -0.872. The summed E-state index contributed by atoms with van der Waals surface area (Å²) in [6.07, 6.45) is 5.97. The van der Waals surface area contributed by atoms with Crippen molar-refractivity contribution in [1.82, 2.24) is 15.1 Å². The maximum absolute atomic E-state index is 14.4. The van der Waals surface area contributed by atoms with E-state index in [1.807, 2.05) is 100 Å². The molecule has 0 bridgehead atoms. The van der Waals surface area contributed by atoms with E-state index >= 15 is 0 Å². The molecule has 248 valence electrons. The molecule has 0 saturated carbocycles. The van der Waals surface area contributed by atoms with Gasteiger partial charge in [-0.2, -0.15) is 0 Å². The van der Waals surface area contributed by atoms with Crippen LogP contribution in [0.15, 0.2) is 84.9 Å². The summed E-state index contributed by atoms with van der Waals surface area (Å²) in [6, 6.07) is 21.9. The van der Waals surface area contributed by atoms with E-state index in [2.05, 4.69) is 5.32 Å². The van der Waals surface area contributed by atoms with E-state index in [0.29, 0.717) is 12.8 Å². The number of nitrogens with two attached hydrogens (primary N) is 1. The predicted molar refractivity (Wildman–Crippen MR) is 186 cm³/mol. The van der Waals surface area contributed by atoms with Gasteiger partial charge in [0, 0.05) is 51.0 Å². The highest BCUT2D eigenvalue weighted by Crippen LogP contribution is 2.21. The van der Waals surface area contributed by atoms with Gasteiger partial charge in [-0.05, 0) is 47.2 Å². The van der Waals surface area contributed by atoms with Crippen LogP contribution in [0.4, 0.5) is 0 Å². The van der Waals surface area contributed by atoms with Gasteiger partial charge in [-0.15, -0.1) is 0 Å². The highest BCUT2D eigenvalue weighted by atomic mass is 16.3. The fourth-order valence-electron chi connectivity index (χ4n) is 5.31.